The van der Waals surface area contributed by atoms with E-state index in [1.54, 1.807) is 12.1 Å². The molecule has 130 valence electrons. The number of aromatic nitrogens is 2. The molecule has 0 bridgehead atoms. The molecule has 1 heterocycles. The van der Waals surface area contributed by atoms with Crippen LogP contribution >= 0.6 is 0 Å². The number of fused-ring (bicyclic) bond motifs is 1. The van der Waals surface area contributed by atoms with Crippen molar-refractivity contribution in [2.24, 2.45) is 0 Å². The highest BCUT2D eigenvalue weighted by Crippen LogP contribution is 2.33. The maximum absolute atomic E-state index is 12.7. The van der Waals surface area contributed by atoms with Gasteiger partial charge in [-0.05, 0) is 18.1 Å². The van der Waals surface area contributed by atoms with Crippen molar-refractivity contribution in [2.75, 3.05) is 16.2 Å². The SMILES string of the molecule is C1CC1.[B]N(c1nn(CC(F)F)c2c(N)ccc(CC)c12)S(C)=O. The topological polar surface area (TPSA) is 64.2 Å². The predicted octanol–water partition coefficient (Wildman–Crippen LogP) is 2.80. The summed E-state index contributed by atoms with van der Waals surface area (Å²) in [6.07, 6.45) is 3.95. The summed E-state index contributed by atoms with van der Waals surface area (Å²) in [4.78, 5) is 0. The van der Waals surface area contributed by atoms with Crippen LogP contribution in [-0.2, 0) is 24.0 Å². The maximum atomic E-state index is 12.7. The predicted molar refractivity (Wildman–Crippen MR) is 95.7 cm³/mol. The highest BCUT2D eigenvalue weighted by molar-refractivity contribution is 7.87. The Labute approximate surface area is 144 Å². The number of hydrogen-bond donors (Lipinski definition) is 1. The average Bonchev–Trinajstić information content (AvgIpc) is 3.35. The molecule has 9 heteroatoms. The summed E-state index contributed by atoms with van der Waals surface area (Å²) < 4.78 is 39.1. The monoisotopic (exact) mass is 354 g/mol. The molecule has 2 radical (unpaired) electrons. The molecule has 2 N–H and O–H groups in total. The van der Waals surface area contributed by atoms with Gasteiger partial charge in [0.15, 0.2) is 5.82 Å². The molecule has 0 saturated heterocycles. The number of anilines is 2. The molecular weight excluding hydrogens is 333 g/mol. The molecule has 1 aromatic heterocycles. The molecule has 1 fully saturated rings. The third kappa shape index (κ3) is 4.26. The van der Waals surface area contributed by atoms with Gasteiger partial charge in [-0.3, -0.25) is 4.68 Å². The largest absolute Gasteiger partial charge is 0.397 e. The normalized spacial score (nSPS) is 14.4. The summed E-state index contributed by atoms with van der Waals surface area (Å²) in [5.74, 6) is 0.190. The molecular formula is C15H21BF2N4OS. The molecule has 0 amide bonds. The Morgan fingerprint density at radius 1 is 1.42 bits per heavy atom. The number of rotatable bonds is 5. The number of nitrogen functional groups attached to an aromatic ring is 1. The second kappa shape index (κ2) is 7.96. The molecule has 2 aromatic rings. The number of nitrogens with two attached hydrogens (primary N) is 1. The summed E-state index contributed by atoms with van der Waals surface area (Å²) in [6, 6.07) is 3.44. The van der Waals surface area contributed by atoms with Gasteiger partial charge >= 0.3 is 0 Å². The lowest BCUT2D eigenvalue weighted by atomic mass is 10.1. The van der Waals surface area contributed by atoms with Crippen molar-refractivity contribution < 1.29 is 13.0 Å². The van der Waals surface area contributed by atoms with Crippen LogP contribution in [0.5, 0.6) is 0 Å². The Morgan fingerprint density at radius 2 is 2.04 bits per heavy atom. The molecule has 1 aliphatic rings. The van der Waals surface area contributed by atoms with Crippen molar-refractivity contribution in [1.82, 2.24) is 9.78 Å². The lowest BCUT2D eigenvalue weighted by molar-refractivity contribution is 0.123. The van der Waals surface area contributed by atoms with Crippen molar-refractivity contribution in [2.45, 2.75) is 45.6 Å². The molecule has 24 heavy (non-hydrogen) atoms. The Hall–Kier alpha value is -1.64. The van der Waals surface area contributed by atoms with Crippen LogP contribution in [0.1, 0.15) is 31.7 Å². The van der Waals surface area contributed by atoms with Crippen LogP contribution in [0.15, 0.2) is 12.1 Å². The van der Waals surface area contributed by atoms with E-state index in [-0.39, 0.29) is 5.82 Å². The fraction of sp³-hybridized carbons (Fsp3) is 0.533. The maximum Gasteiger partial charge on any atom is 0.257 e. The smallest absolute Gasteiger partial charge is 0.257 e. The van der Waals surface area contributed by atoms with Crippen molar-refractivity contribution in [3.05, 3.63) is 17.7 Å². The van der Waals surface area contributed by atoms with Crippen LogP contribution in [0.4, 0.5) is 20.3 Å². The first kappa shape index (κ1) is 18.7. The van der Waals surface area contributed by atoms with Gasteiger partial charge < -0.3 is 9.95 Å². The molecule has 1 atom stereocenters. The van der Waals surface area contributed by atoms with Gasteiger partial charge in [-0.25, -0.2) is 13.0 Å². The summed E-state index contributed by atoms with van der Waals surface area (Å²) in [6.45, 7) is 1.32. The van der Waals surface area contributed by atoms with Crippen molar-refractivity contribution in [3.63, 3.8) is 0 Å². The van der Waals surface area contributed by atoms with E-state index in [0.717, 1.165) is 14.5 Å². The third-order valence-corrected chi connectivity index (χ3v) is 4.25. The van der Waals surface area contributed by atoms with Crippen LogP contribution in [0, 0.1) is 0 Å². The zero-order chi connectivity index (χ0) is 17.9. The van der Waals surface area contributed by atoms with Crippen molar-refractivity contribution in [3.8, 4) is 0 Å². The highest BCUT2D eigenvalue weighted by Gasteiger charge is 2.21. The minimum Gasteiger partial charge on any atom is -0.397 e. The van der Waals surface area contributed by atoms with E-state index in [1.807, 2.05) is 6.92 Å². The number of alkyl halides is 2. The standard InChI is InChI=1S/C12H15BF2N4OS.C3H6/c1-3-7-4-5-8(16)11-10(7)12(19(13)21(2)20)17-18(11)6-9(14)15;1-2-3-1/h4-5,9H,3,6,16H2,1-2H3;1-3H2. The molecule has 3 rings (SSSR count). The summed E-state index contributed by atoms with van der Waals surface area (Å²) in [5.41, 5.74) is 7.49. The summed E-state index contributed by atoms with van der Waals surface area (Å²) in [7, 11) is 4.22. The molecule has 0 aliphatic heterocycles. The van der Waals surface area contributed by atoms with Crippen LogP contribution in [0.3, 0.4) is 0 Å². The second-order valence-electron chi connectivity index (χ2n) is 5.60. The van der Waals surface area contributed by atoms with E-state index in [9.17, 15) is 13.0 Å². The first-order valence-corrected chi connectivity index (χ1v) is 9.32. The summed E-state index contributed by atoms with van der Waals surface area (Å²) in [5, 5.41) is 4.65. The number of benzene rings is 1. The molecule has 5 nitrogen and oxygen atoms in total. The van der Waals surface area contributed by atoms with E-state index >= 15 is 0 Å². The van der Waals surface area contributed by atoms with Gasteiger partial charge in [0, 0.05) is 11.6 Å². The fourth-order valence-corrected chi connectivity index (χ4v) is 2.60. The molecule has 1 aliphatic carbocycles. The number of halogens is 2. The molecule has 1 unspecified atom stereocenters. The third-order valence-electron chi connectivity index (χ3n) is 3.52. The quantitative estimate of drug-likeness (QED) is 0.663. The molecule has 1 saturated carbocycles. The average molecular weight is 354 g/mol. The molecule has 0 spiro atoms. The van der Waals surface area contributed by atoms with Crippen LogP contribution in [0.2, 0.25) is 0 Å². The van der Waals surface area contributed by atoms with Gasteiger partial charge in [0.25, 0.3) is 14.4 Å². The highest BCUT2D eigenvalue weighted by atomic mass is 32.2. The fourth-order valence-electron chi connectivity index (χ4n) is 2.22. The Kier molecular flexibility index (Phi) is 6.20. The van der Waals surface area contributed by atoms with Gasteiger partial charge in [0.1, 0.15) is 17.5 Å². The van der Waals surface area contributed by atoms with E-state index < -0.39 is 24.0 Å². The zero-order valence-electron chi connectivity index (χ0n) is 13.8. The van der Waals surface area contributed by atoms with Gasteiger partial charge in [0.2, 0.25) is 0 Å². The minimum atomic E-state index is -2.58. The number of nitrogens with zero attached hydrogens (tertiary/aromatic N) is 3. The van der Waals surface area contributed by atoms with E-state index in [0.29, 0.717) is 23.0 Å². The van der Waals surface area contributed by atoms with Gasteiger partial charge in [-0.1, -0.05) is 32.3 Å². The van der Waals surface area contributed by atoms with Gasteiger partial charge in [0.05, 0.1) is 11.2 Å². The summed E-state index contributed by atoms with van der Waals surface area (Å²) >= 11 is 0. The minimum absolute atomic E-state index is 0.190. The van der Waals surface area contributed by atoms with Crippen LogP contribution in [-0.4, -0.2) is 34.7 Å². The van der Waals surface area contributed by atoms with Gasteiger partial charge in [-0.15, -0.1) is 0 Å². The van der Waals surface area contributed by atoms with E-state index in [4.69, 9.17) is 13.7 Å². The Balaban J connectivity index is 0.000000623. The molecule has 1 aromatic carbocycles. The van der Waals surface area contributed by atoms with Gasteiger partial charge in [-0.2, -0.15) is 5.10 Å². The first-order valence-electron chi connectivity index (χ1n) is 7.81. The number of hydrogen-bond acceptors (Lipinski definition) is 3. The second-order valence-corrected chi connectivity index (χ2v) is 6.84. The Bertz CT molecular complexity index is 733. The van der Waals surface area contributed by atoms with E-state index in [2.05, 4.69) is 5.10 Å². The lowest BCUT2D eigenvalue weighted by Crippen LogP contribution is -2.22. The number of aryl methyl sites for hydroxylation is 1. The van der Waals surface area contributed by atoms with Crippen molar-refractivity contribution >= 4 is 41.4 Å². The first-order chi connectivity index (χ1) is 11.4. The zero-order valence-corrected chi connectivity index (χ0v) is 14.7. The lowest BCUT2D eigenvalue weighted by Gasteiger charge is -2.14. The van der Waals surface area contributed by atoms with E-state index in [1.165, 1.54) is 25.5 Å². The van der Waals surface area contributed by atoms with Crippen molar-refractivity contribution in [1.29, 1.82) is 0 Å². The van der Waals surface area contributed by atoms with Crippen LogP contribution < -0.4 is 9.95 Å². The van der Waals surface area contributed by atoms with Crippen LogP contribution in [0.25, 0.3) is 10.9 Å². The Morgan fingerprint density at radius 3 is 2.50 bits per heavy atom.